The van der Waals surface area contributed by atoms with Crippen molar-refractivity contribution in [3.63, 3.8) is 0 Å². The molecule has 0 fully saturated rings. The SMILES string of the molecule is Cc1cccnc1/N=C(N)/C=C(\O)C(C)CC(C)C. The zero-order chi connectivity index (χ0) is 14.4. The molecule has 0 aliphatic rings. The van der Waals surface area contributed by atoms with E-state index in [-0.39, 0.29) is 17.5 Å². The summed E-state index contributed by atoms with van der Waals surface area (Å²) in [4.78, 5) is 8.35. The van der Waals surface area contributed by atoms with Gasteiger partial charge in [0.2, 0.25) is 0 Å². The Balaban J connectivity index is 2.83. The topological polar surface area (TPSA) is 71.5 Å². The fourth-order valence-corrected chi connectivity index (χ4v) is 1.87. The second-order valence-corrected chi connectivity index (χ2v) is 5.28. The molecule has 0 spiro atoms. The molecule has 19 heavy (non-hydrogen) atoms. The zero-order valence-corrected chi connectivity index (χ0v) is 12.1. The Morgan fingerprint density at radius 1 is 1.47 bits per heavy atom. The molecule has 1 rings (SSSR count). The summed E-state index contributed by atoms with van der Waals surface area (Å²) in [5.41, 5.74) is 6.77. The van der Waals surface area contributed by atoms with Crippen LogP contribution in [0.3, 0.4) is 0 Å². The van der Waals surface area contributed by atoms with Crippen LogP contribution in [0, 0.1) is 18.8 Å². The number of aliphatic imine (C=N–C) groups is 1. The summed E-state index contributed by atoms with van der Waals surface area (Å²) >= 11 is 0. The molecule has 0 amide bonds. The van der Waals surface area contributed by atoms with Gasteiger partial charge < -0.3 is 10.8 Å². The second kappa shape index (κ2) is 6.92. The number of aromatic nitrogens is 1. The second-order valence-electron chi connectivity index (χ2n) is 5.28. The monoisotopic (exact) mass is 261 g/mol. The molecule has 1 heterocycles. The van der Waals surface area contributed by atoms with Crippen LogP contribution in [0.15, 0.2) is 35.2 Å². The van der Waals surface area contributed by atoms with Gasteiger partial charge in [0, 0.05) is 18.2 Å². The van der Waals surface area contributed by atoms with E-state index in [1.165, 1.54) is 6.08 Å². The lowest BCUT2D eigenvalue weighted by atomic mass is 9.97. The minimum Gasteiger partial charge on any atom is -0.512 e. The van der Waals surface area contributed by atoms with E-state index in [4.69, 9.17) is 5.73 Å². The number of hydrogen-bond donors (Lipinski definition) is 2. The maximum Gasteiger partial charge on any atom is 0.157 e. The van der Waals surface area contributed by atoms with Gasteiger partial charge in [-0.1, -0.05) is 26.8 Å². The highest BCUT2D eigenvalue weighted by molar-refractivity contribution is 5.93. The highest BCUT2D eigenvalue weighted by Crippen LogP contribution is 2.18. The molecule has 0 saturated heterocycles. The number of rotatable bonds is 5. The van der Waals surface area contributed by atoms with E-state index in [1.54, 1.807) is 6.20 Å². The predicted molar refractivity (Wildman–Crippen MR) is 79.6 cm³/mol. The molecule has 1 atom stereocenters. The maximum absolute atomic E-state index is 9.96. The van der Waals surface area contributed by atoms with Crippen molar-refractivity contribution < 1.29 is 5.11 Å². The molecule has 4 nitrogen and oxygen atoms in total. The number of nitrogens with zero attached hydrogens (tertiary/aromatic N) is 2. The lowest BCUT2D eigenvalue weighted by Crippen LogP contribution is -2.12. The van der Waals surface area contributed by atoms with Gasteiger partial charge in [0.1, 0.15) is 5.84 Å². The van der Waals surface area contributed by atoms with Gasteiger partial charge in [-0.3, -0.25) is 0 Å². The molecule has 3 N–H and O–H groups in total. The van der Waals surface area contributed by atoms with Crippen molar-refractivity contribution in [2.45, 2.75) is 34.1 Å². The van der Waals surface area contributed by atoms with Gasteiger partial charge in [-0.25, -0.2) is 9.98 Å². The summed E-state index contributed by atoms with van der Waals surface area (Å²) in [6, 6.07) is 3.77. The van der Waals surface area contributed by atoms with Gasteiger partial charge in [-0.05, 0) is 30.9 Å². The van der Waals surface area contributed by atoms with Crippen LogP contribution < -0.4 is 5.73 Å². The van der Waals surface area contributed by atoms with Crippen LogP contribution in [0.4, 0.5) is 5.82 Å². The van der Waals surface area contributed by atoms with Gasteiger partial charge in [0.05, 0.1) is 5.76 Å². The van der Waals surface area contributed by atoms with E-state index >= 15 is 0 Å². The van der Waals surface area contributed by atoms with Crippen molar-refractivity contribution >= 4 is 11.7 Å². The first-order valence-electron chi connectivity index (χ1n) is 6.56. The fraction of sp³-hybridized carbons (Fsp3) is 0.467. The van der Waals surface area contributed by atoms with Crippen molar-refractivity contribution in [2.75, 3.05) is 0 Å². The van der Waals surface area contributed by atoms with Crippen LogP contribution in [0.2, 0.25) is 0 Å². The number of nitrogens with two attached hydrogens (primary N) is 1. The average Bonchev–Trinajstić information content (AvgIpc) is 2.31. The normalized spacial score (nSPS) is 14.8. The molecule has 104 valence electrons. The van der Waals surface area contributed by atoms with Crippen molar-refractivity contribution in [3.8, 4) is 0 Å². The third-order valence-electron chi connectivity index (χ3n) is 2.84. The summed E-state index contributed by atoms with van der Waals surface area (Å²) in [5, 5.41) is 9.96. The van der Waals surface area contributed by atoms with E-state index in [0.29, 0.717) is 11.7 Å². The molecule has 1 aromatic rings. The first-order valence-corrected chi connectivity index (χ1v) is 6.56. The Morgan fingerprint density at radius 2 is 2.16 bits per heavy atom. The lowest BCUT2D eigenvalue weighted by molar-refractivity contribution is 0.313. The van der Waals surface area contributed by atoms with Crippen LogP contribution in [-0.2, 0) is 0 Å². The summed E-state index contributed by atoms with van der Waals surface area (Å²) in [5.74, 6) is 1.74. The Hall–Kier alpha value is -1.84. The molecule has 0 aliphatic carbocycles. The van der Waals surface area contributed by atoms with Crippen LogP contribution in [-0.4, -0.2) is 15.9 Å². The summed E-state index contributed by atoms with van der Waals surface area (Å²) in [7, 11) is 0. The number of aryl methyl sites for hydroxylation is 1. The molecule has 1 unspecified atom stereocenters. The number of pyridine rings is 1. The minimum absolute atomic E-state index is 0.0820. The average molecular weight is 261 g/mol. The molecular formula is C15H23N3O. The quantitative estimate of drug-likeness (QED) is 0.484. The third-order valence-corrected chi connectivity index (χ3v) is 2.84. The molecular weight excluding hydrogens is 238 g/mol. The molecule has 0 aromatic carbocycles. The number of aliphatic hydroxyl groups excluding tert-OH is 1. The number of amidine groups is 1. The Labute approximate surface area is 115 Å². The first kappa shape index (κ1) is 15.2. The van der Waals surface area contributed by atoms with E-state index in [1.807, 2.05) is 26.0 Å². The van der Waals surface area contributed by atoms with Gasteiger partial charge in [0.15, 0.2) is 5.82 Å². The molecule has 1 aromatic heterocycles. The van der Waals surface area contributed by atoms with Crippen LogP contribution in [0.1, 0.15) is 32.8 Å². The van der Waals surface area contributed by atoms with Crippen LogP contribution in [0.5, 0.6) is 0 Å². The molecule has 0 saturated carbocycles. The minimum atomic E-state index is 0.0820. The van der Waals surface area contributed by atoms with Gasteiger partial charge in [0.25, 0.3) is 0 Å². The van der Waals surface area contributed by atoms with Gasteiger partial charge in [-0.15, -0.1) is 0 Å². The number of hydrogen-bond acceptors (Lipinski definition) is 3. The number of aliphatic hydroxyl groups is 1. The molecule has 0 aliphatic heterocycles. The van der Waals surface area contributed by atoms with Crippen molar-refractivity contribution in [1.29, 1.82) is 0 Å². The highest BCUT2D eigenvalue weighted by Gasteiger charge is 2.10. The van der Waals surface area contributed by atoms with Crippen molar-refractivity contribution in [1.82, 2.24) is 4.98 Å². The molecule has 4 heteroatoms. The highest BCUT2D eigenvalue weighted by atomic mass is 16.3. The van der Waals surface area contributed by atoms with Crippen LogP contribution in [0.25, 0.3) is 0 Å². The molecule has 0 radical (unpaired) electrons. The van der Waals surface area contributed by atoms with E-state index in [9.17, 15) is 5.11 Å². The fourth-order valence-electron chi connectivity index (χ4n) is 1.87. The van der Waals surface area contributed by atoms with E-state index < -0.39 is 0 Å². The van der Waals surface area contributed by atoms with Crippen LogP contribution >= 0.6 is 0 Å². The van der Waals surface area contributed by atoms with Gasteiger partial charge in [-0.2, -0.15) is 0 Å². The Morgan fingerprint density at radius 3 is 2.74 bits per heavy atom. The zero-order valence-electron chi connectivity index (χ0n) is 12.1. The van der Waals surface area contributed by atoms with E-state index in [0.717, 1.165) is 12.0 Å². The Kier molecular flexibility index (Phi) is 5.55. The third kappa shape index (κ3) is 5.12. The maximum atomic E-state index is 9.96. The largest absolute Gasteiger partial charge is 0.512 e. The standard InChI is InChI=1S/C15H23N3O/c1-10(2)8-12(4)13(19)9-14(16)18-15-11(3)6-5-7-17-15/h5-7,9-10,12,19H,8H2,1-4H3,(H2,16,17,18)/b13-9-. The number of allylic oxidation sites excluding steroid dienone is 1. The summed E-state index contributed by atoms with van der Waals surface area (Å²) in [6.45, 7) is 8.14. The summed E-state index contributed by atoms with van der Waals surface area (Å²) < 4.78 is 0. The lowest BCUT2D eigenvalue weighted by Gasteiger charge is -2.12. The first-order chi connectivity index (χ1) is 8.90. The van der Waals surface area contributed by atoms with Crippen molar-refractivity contribution in [3.05, 3.63) is 35.7 Å². The smallest absolute Gasteiger partial charge is 0.157 e. The summed E-state index contributed by atoms with van der Waals surface area (Å²) in [6.07, 6.45) is 4.10. The Bertz CT molecular complexity index is 478. The van der Waals surface area contributed by atoms with Crippen molar-refractivity contribution in [2.24, 2.45) is 22.6 Å². The van der Waals surface area contributed by atoms with E-state index in [2.05, 4.69) is 23.8 Å². The predicted octanol–water partition coefficient (Wildman–Crippen LogP) is 3.50. The van der Waals surface area contributed by atoms with Gasteiger partial charge >= 0.3 is 0 Å². The molecule has 0 bridgehead atoms.